The summed E-state index contributed by atoms with van der Waals surface area (Å²) in [5.41, 5.74) is 2.21. The molecular weight excluding hydrogens is 340 g/mol. The first kappa shape index (κ1) is 19.2. The van der Waals surface area contributed by atoms with Crippen LogP contribution in [0.15, 0.2) is 42.7 Å². The minimum absolute atomic E-state index is 0.151. The number of likely N-dealkylation sites (tertiary alicyclic amines) is 1. The molecule has 1 saturated heterocycles. The van der Waals surface area contributed by atoms with Crippen molar-refractivity contribution in [2.45, 2.75) is 39.0 Å². The van der Waals surface area contributed by atoms with Gasteiger partial charge in [-0.2, -0.15) is 0 Å². The fraction of sp³-hybridized carbons (Fsp3) is 0.455. The van der Waals surface area contributed by atoms with E-state index in [-0.39, 0.29) is 5.91 Å². The summed E-state index contributed by atoms with van der Waals surface area (Å²) in [7, 11) is 0. The lowest BCUT2D eigenvalue weighted by Gasteiger charge is -2.32. The predicted octanol–water partition coefficient (Wildman–Crippen LogP) is 3.83. The molecule has 1 aromatic carbocycles. The summed E-state index contributed by atoms with van der Waals surface area (Å²) in [6.07, 6.45) is 6.01. The van der Waals surface area contributed by atoms with E-state index < -0.39 is 0 Å². The number of piperidine rings is 1. The van der Waals surface area contributed by atoms with Crippen LogP contribution in [0.25, 0.3) is 0 Å². The fourth-order valence-electron chi connectivity index (χ4n) is 3.65. The molecule has 5 heteroatoms. The van der Waals surface area contributed by atoms with E-state index in [1.165, 1.54) is 5.56 Å². The van der Waals surface area contributed by atoms with Crippen LogP contribution in [0.3, 0.4) is 0 Å². The van der Waals surface area contributed by atoms with Gasteiger partial charge < -0.3 is 14.4 Å². The van der Waals surface area contributed by atoms with Gasteiger partial charge in [-0.15, -0.1) is 0 Å². The monoisotopic (exact) mass is 368 g/mol. The third-order valence-electron chi connectivity index (χ3n) is 5.02. The zero-order valence-electron chi connectivity index (χ0n) is 16.2. The minimum Gasteiger partial charge on any atom is -0.490 e. The number of aromatic nitrogens is 1. The van der Waals surface area contributed by atoms with Crippen molar-refractivity contribution in [1.29, 1.82) is 0 Å². The molecule has 2 aromatic rings. The number of hydrogen-bond acceptors (Lipinski definition) is 4. The summed E-state index contributed by atoms with van der Waals surface area (Å²) in [4.78, 5) is 18.9. The Morgan fingerprint density at radius 2 is 1.78 bits per heavy atom. The van der Waals surface area contributed by atoms with Gasteiger partial charge in [-0.25, -0.2) is 0 Å². The minimum atomic E-state index is 0.151. The number of rotatable bonds is 7. The lowest BCUT2D eigenvalue weighted by Crippen LogP contribution is -2.38. The van der Waals surface area contributed by atoms with Gasteiger partial charge in [0.15, 0.2) is 11.5 Å². The molecule has 1 aromatic heterocycles. The van der Waals surface area contributed by atoms with E-state index in [0.29, 0.717) is 37.1 Å². The summed E-state index contributed by atoms with van der Waals surface area (Å²) >= 11 is 0. The SMILES string of the molecule is CCOc1cccc(CC(=O)N2CCC(c3ccncc3)CC2)c1OCC. The van der Waals surface area contributed by atoms with Crippen molar-refractivity contribution in [2.24, 2.45) is 0 Å². The van der Waals surface area contributed by atoms with E-state index in [9.17, 15) is 4.79 Å². The summed E-state index contributed by atoms with van der Waals surface area (Å²) in [6, 6.07) is 9.93. The number of carbonyl (C=O) groups is 1. The Morgan fingerprint density at radius 1 is 1.07 bits per heavy atom. The zero-order chi connectivity index (χ0) is 19.1. The first-order valence-corrected chi connectivity index (χ1v) is 9.78. The highest BCUT2D eigenvalue weighted by Gasteiger charge is 2.25. The van der Waals surface area contributed by atoms with E-state index >= 15 is 0 Å². The van der Waals surface area contributed by atoms with Crippen LogP contribution < -0.4 is 9.47 Å². The highest BCUT2D eigenvalue weighted by atomic mass is 16.5. The van der Waals surface area contributed by atoms with Crippen LogP contribution in [-0.2, 0) is 11.2 Å². The number of hydrogen-bond donors (Lipinski definition) is 0. The van der Waals surface area contributed by atoms with Gasteiger partial charge in [0, 0.05) is 31.0 Å². The number of carbonyl (C=O) groups excluding carboxylic acids is 1. The average molecular weight is 368 g/mol. The van der Waals surface area contributed by atoms with Gasteiger partial charge in [-0.1, -0.05) is 12.1 Å². The van der Waals surface area contributed by atoms with Gasteiger partial charge in [-0.3, -0.25) is 9.78 Å². The van der Waals surface area contributed by atoms with Crippen LogP contribution in [0.2, 0.25) is 0 Å². The molecular formula is C22H28N2O3. The van der Waals surface area contributed by atoms with E-state index in [1.54, 1.807) is 0 Å². The number of para-hydroxylation sites is 1. The number of benzene rings is 1. The molecule has 144 valence electrons. The van der Waals surface area contributed by atoms with Gasteiger partial charge in [0.25, 0.3) is 0 Å². The van der Waals surface area contributed by atoms with Gasteiger partial charge in [0.05, 0.1) is 19.6 Å². The number of pyridine rings is 1. The number of nitrogens with zero attached hydrogens (tertiary/aromatic N) is 2. The Balaban J connectivity index is 1.64. The van der Waals surface area contributed by atoms with E-state index in [1.807, 2.05) is 49.3 Å². The molecule has 0 radical (unpaired) electrons. The first-order chi connectivity index (χ1) is 13.2. The largest absolute Gasteiger partial charge is 0.490 e. The van der Waals surface area contributed by atoms with Gasteiger partial charge >= 0.3 is 0 Å². The van der Waals surface area contributed by atoms with Crippen LogP contribution in [0.4, 0.5) is 0 Å². The number of amides is 1. The Bertz CT molecular complexity index is 740. The van der Waals surface area contributed by atoms with Crippen LogP contribution >= 0.6 is 0 Å². The summed E-state index contributed by atoms with van der Waals surface area (Å²) in [6.45, 7) is 6.59. The molecule has 0 N–H and O–H groups in total. The van der Waals surface area contributed by atoms with Gasteiger partial charge in [-0.05, 0) is 56.4 Å². The van der Waals surface area contributed by atoms with Crippen molar-refractivity contribution in [2.75, 3.05) is 26.3 Å². The highest BCUT2D eigenvalue weighted by Crippen LogP contribution is 2.33. The third kappa shape index (κ3) is 4.79. The molecule has 0 bridgehead atoms. The van der Waals surface area contributed by atoms with Crippen molar-refractivity contribution in [1.82, 2.24) is 9.88 Å². The fourth-order valence-corrected chi connectivity index (χ4v) is 3.65. The lowest BCUT2D eigenvalue weighted by molar-refractivity contribution is -0.131. The number of ether oxygens (including phenoxy) is 2. The highest BCUT2D eigenvalue weighted by molar-refractivity contribution is 5.80. The Kier molecular flexibility index (Phi) is 6.69. The first-order valence-electron chi connectivity index (χ1n) is 9.78. The van der Waals surface area contributed by atoms with Crippen molar-refractivity contribution < 1.29 is 14.3 Å². The Labute approximate surface area is 161 Å². The smallest absolute Gasteiger partial charge is 0.227 e. The summed E-state index contributed by atoms with van der Waals surface area (Å²) < 4.78 is 11.4. The Morgan fingerprint density at radius 3 is 2.44 bits per heavy atom. The van der Waals surface area contributed by atoms with Crippen molar-refractivity contribution >= 4 is 5.91 Å². The van der Waals surface area contributed by atoms with Crippen LogP contribution in [-0.4, -0.2) is 42.1 Å². The van der Waals surface area contributed by atoms with E-state index in [4.69, 9.17) is 9.47 Å². The predicted molar refractivity (Wildman–Crippen MR) is 105 cm³/mol. The lowest BCUT2D eigenvalue weighted by atomic mass is 9.90. The molecule has 0 aliphatic carbocycles. The molecule has 0 atom stereocenters. The molecule has 3 rings (SSSR count). The maximum atomic E-state index is 12.9. The van der Waals surface area contributed by atoms with E-state index in [2.05, 4.69) is 17.1 Å². The van der Waals surface area contributed by atoms with Crippen LogP contribution in [0.1, 0.15) is 43.7 Å². The molecule has 0 saturated carbocycles. The van der Waals surface area contributed by atoms with Crippen molar-refractivity contribution in [3.63, 3.8) is 0 Å². The standard InChI is InChI=1S/C22H28N2O3/c1-3-26-20-7-5-6-19(22(20)27-4-2)16-21(25)24-14-10-18(11-15-24)17-8-12-23-13-9-17/h5-9,12-13,18H,3-4,10-11,14-16H2,1-2H3. The second-order valence-electron chi connectivity index (χ2n) is 6.72. The molecule has 27 heavy (non-hydrogen) atoms. The molecule has 2 heterocycles. The van der Waals surface area contributed by atoms with Crippen LogP contribution in [0, 0.1) is 0 Å². The molecule has 0 spiro atoms. The average Bonchev–Trinajstić information content (AvgIpc) is 2.71. The maximum absolute atomic E-state index is 12.9. The molecule has 5 nitrogen and oxygen atoms in total. The maximum Gasteiger partial charge on any atom is 0.227 e. The van der Waals surface area contributed by atoms with Crippen LogP contribution in [0.5, 0.6) is 11.5 Å². The molecule has 0 unspecified atom stereocenters. The molecule has 1 aliphatic rings. The third-order valence-corrected chi connectivity index (χ3v) is 5.02. The second-order valence-corrected chi connectivity index (χ2v) is 6.72. The summed E-state index contributed by atoms with van der Waals surface area (Å²) in [5.74, 6) is 2.07. The van der Waals surface area contributed by atoms with Gasteiger partial charge in [0.2, 0.25) is 5.91 Å². The quantitative estimate of drug-likeness (QED) is 0.745. The van der Waals surface area contributed by atoms with Gasteiger partial charge in [0.1, 0.15) is 0 Å². The second kappa shape index (κ2) is 9.40. The van der Waals surface area contributed by atoms with Crippen molar-refractivity contribution in [3.8, 4) is 11.5 Å². The van der Waals surface area contributed by atoms with E-state index in [0.717, 1.165) is 31.5 Å². The summed E-state index contributed by atoms with van der Waals surface area (Å²) in [5, 5.41) is 0. The van der Waals surface area contributed by atoms with Crippen molar-refractivity contribution in [3.05, 3.63) is 53.9 Å². The normalized spacial score (nSPS) is 14.8. The molecule has 1 fully saturated rings. The Hall–Kier alpha value is -2.56. The molecule has 1 amide bonds. The zero-order valence-corrected chi connectivity index (χ0v) is 16.2. The molecule has 1 aliphatic heterocycles. The topological polar surface area (TPSA) is 51.7 Å².